The predicted molar refractivity (Wildman–Crippen MR) is 88.1 cm³/mol. The van der Waals surface area contributed by atoms with Crippen LogP contribution in [0.1, 0.15) is 28.1 Å². The Labute approximate surface area is 145 Å². The third kappa shape index (κ3) is 3.25. The molecule has 0 fully saturated rings. The molecular formula is C17H13F2NO4S. The van der Waals surface area contributed by atoms with Crippen molar-refractivity contribution in [2.45, 2.75) is 19.4 Å². The van der Waals surface area contributed by atoms with Gasteiger partial charge in [0.15, 0.2) is 0 Å². The van der Waals surface area contributed by atoms with Crippen molar-refractivity contribution in [3.63, 3.8) is 0 Å². The lowest BCUT2D eigenvalue weighted by Crippen LogP contribution is -2.15. The maximum Gasteiger partial charge on any atom is 0.346 e. The Hall–Kier alpha value is -2.74. The number of halogens is 2. The first kappa shape index (κ1) is 17.1. The van der Waals surface area contributed by atoms with Crippen molar-refractivity contribution in [2.75, 3.05) is 0 Å². The van der Waals surface area contributed by atoms with E-state index in [0.29, 0.717) is 35.5 Å². The molecule has 1 aliphatic rings. The summed E-state index contributed by atoms with van der Waals surface area (Å²) < 4.78 is 33.5. The molecule has 3 N–H and O–H groups in total. The number of hydrogen-bond acceptors (Lipinski definition) is 4. The van der Waals surface area contributed by atoms with Gasteiger partial charge in [-0.15, -0.1) is 11.3 Å². The van der Waals surface area contributed by atoms with Crippen LogP contribution in [0.3, 0.4) is 0 Å². The van der Waals surface area contributed by atoms with Gasteiger partial charge < -0.3 is 15.6 Å². The molecule has 130 valence electrons. The number of carbonyl (C=O) groups excluding carboxylic acids is 1. The summed E-state index contributed by atoms with van der Waals surface area (Å²) in [5.41, 5.74) is 5.75. The molecule has 1 heterocycles. The van der Waals surface area contributed by atoms with Gasteiger partial charge in [-0.05, 0) is 24.6 Å². The van der Waals surface area contributed by atoms with Gasteiger partial charge in [0.25, 0.3) is 0 Å². The number of aromatic carboxylic acids is 1. The Morgan fingerprint density at radius 2 is 1.92 bits per heavy atom. The van der Waals surface area contributed by atoms with Gasteiger partial charge in [0.1, 0.15) is 23.1 Å². The normalized spacial score (nSPS) is 14.2. The number of rotatable bonds is 5. The molecule has 0 aliphatic heterocycles. The number of hydrogen-bond donors (Lipinski definition) is 2. The highest BCUT2D eigenvalue weighted by molar-refractivity contribution is 7.21. The minimum Gasteiger partial charge on any atom is -0.493 e. The van der Waals surface area contributed by atoms with Crippen LogP contribution in [0.5, 0.6) is 0 Å². The van der Waals surface area contributed by atoms with E-state index in [1.165, 1.54) is 6.08 Å². The summed E-state index contributed by atoms with van der Waals surface area (Å²) >= 11 is 0.677. The number of carboxylic acids is 1. The Kier molecular flexibility index (Phi) is 4.54. The summed E-state index contributed by atoms with van der Waals surface area (Å²) in [6, 6.07) is 1.92. The highest BCUT2D eigenvalue weighted by atomic mass is 32.1. The van der Waals surface area contributed by atoms with E-state index in [-0.39, 0.29) is 27.1 Å². The van der Waals surface area contributed by atoms with Gasteiger partial charge in [-0.25, -0.2) is 13.6 Å². The largest absolute Gasteiger partial charge is 0.493 e. The van der Waals surface area contributed by atoms with Gasteiger partial charge >= 0.3 is 5.97 Å². The summed E-state index contributed by atoms with van der Waals surface area (Å²) in [5, 5.41) is 9.24. The average Bonchev–Trinajstić information content (AvgIpc) is 2.98. The van der Waals surface area contributed by atoms with Crippen LogP contribution >= 0.6 is 11.3 Å². The molecule has 1 aromatic carbocycles. The van der Waals surface area contributed by atoms with Crippen molar-refractivity contribution in [1.82, 2.24) is 0 Å². The van der Waals surface area contributed by atoms with E-state index in [9.17, 15) is 23.5 Å². The third-order valence-electron chi connectivity index (χ3n) is 3.86. The van der Waals surface area contributed by atoms with Crippen LogP contribution in [0, 0.1) is 11.6 Å². The van der Waals surface area contributed by atoms with Gasteiger partial charge in [-0.2, -0.15) is 0 Å². The third-order valence-corrected chi connectivity index (χ3v) is 5.09. The molecule has 0 spiro atoms. The fourth-order valence-corrected chi connectivity index (χ4v) is 3.67. The van der Waals surface area contributed by atoms with Gasteiger partial charge in [0.2, 0.25) is 5.91 Å². The topological polar surface area (TPSA) is 89.6 Å². The first-order valence-corrected chi connectivity index (χ1v) is 8.15. The molecule has 2 aromatic rings. The fraction of sp³-hybridized carbons (Fsp3) is 0.176. The van der Waals surface area contributed by atoms with Crippen LogP contribution < -0.4 is 5.73 Å². The number of nitrogens with two attached hydrogens (primary N) is 1. The first-order chi connectivity index (χ1) is 11.9. The zero-order valence-corrected chi connectivity index (χ0v) is 13.7. The summed E-state index contributed by atoms with van der Waals surface area (Å²) in [4.78, 5) is 22.3. The molecule has 0 atom stereocenters. The lowest BCUT2D eigenvalue weighted by molar-refractivity contribution is -0.114. The zero-order valence-electron chi connectivity index (χ0n) is 12.8. The minimum absolute atomic E-state index is 0.0514. The van der Waals surface area contributed by atoms with E-state index in [1.54, 1.807) is 6.08 Å². The second-order valence-electron chi connectivity index (χ2n) is 5.43. The molecule has 1 aromatic heterocycles. The Morgan fingerprint density at radius 3 is 2.52 bits per heavy atom. The minimum atomic E-state index is -1.27. The Bertz CT molecular complexity index is 946. The molecule has 1 amide bonds. The van der Waals surface area contributed by atoms with Crippen molar-refractivity contribution in [3.05, 3.63) is 57.7 Å². The predicted octanol–water partition coefficient (Wildman–Crippen LogP) is 3.48. The molecule has 0 unspecified atom stereocenters. The van der Waals surface area contributed by atoms with Crippen molar-refractivity contribution in [1.29, 1.82) is 0 Å². The standard InChI is InChI=1S/C17H13F2NO4S/c18-11-5-6-12(19)15-13(11)10(14(25-15)17(22)23)7-24-9-3-1-8(2-4-9)16(20)21/h1,3,5-6H,2,4,7H2,(H2,20,21)(H,22,23). The quantitative estimate of drug-likeness (QED) is 0.849. The first-order valence-electron chi connectivity index (χ1n) is 7.33. The lowest BCUT2D eigenvalue weighted by atomic mass is 10.0. The van der Waals surface area contributed by atoms with Gasteiger partial charge in [0, 0.05) is 22.9 Å². The van der Waals surface area contributed by atoms with Crippen LogP contribution in [0.25, 0.3) is 10.1 Å². The molecule has 1 aliphatic carbocycles. The number of carbonyl (C=O) groups is 2. The highest BCUT2D eigenvalue weighted by Gasteiger charge is 2.23. The van der Waals surface area contributed by atoms with E-state index in [1.807, 2.05) is 0 Å². The van der Waals surface area contributed by atoms with Gasteiger partial charge in [-0.3, -0.25) is 4.79 Å². The summed E-state index contributed by atoms with van der Waals surface area (Å²) in [7, 11) is 0. The van der Waals surface area contributed by atoms with Crippen LogP contribution in [0.4, 0.5) is 8.78 Å². The molecule has 0 saturated carbocycles. The van der Waals surface area contributed by atoms with Crippen LogP contribution in [0.15, 0.2) is 35.6 Å². The molecule has 0 bridgehead atoms. The maximum absolute atomic E-state index is 14.1. The van der Waals surface area contributed by atoms with Crippen molar-refractivity contribution >= 4 is 33.3 Å². The van der Waals surface area contributed by atoms with E-state index in [4.69, 9.17) is 10.5 Å². The summed E-state index contributed by atoms with van der Waals surface area (Å²) in [5.74, 6) is -2.65. The number of ether oxygens (including phenoxy) is 1. The molecule has 5 nitrogen and oxygen atoms in total. The van der Waals surface area contributed by atoms with Gasteiger partial charge in [-0.1, -0.05) is 6.08 Å². The van der Waals surface area contributed by atoms with Crippen LogP contribution in [0.2, 0.25) is 0 Å². The highest BCUT2D eigenvalue weighted by Crippen LogP contribution is 2.36. The van der Waals surface area contributed by atoms with Crippen molar-refractivity contribution < 1.29 is 28.2 Å². The SMILES string of the molecule is NC(=O)C1=CC=C(OCc2c(C(=O)O)sc3c(F)ccc(F)c23)CC1. The second kappa shape index (κ2) is 6.64. The average molecular weight is 365 g/mol. The van der Waals surface area contributed by atoms with E-state index in [0.717, 1.165) is 12.1 Å². The molecule has 3 rings (SSSR count). The molecular weight excluding hydrogens is 352 g/mol. The number of carboxylic acid groups (broad SMARTS) is 1. The van der Waals surface area contributed by atoms with Crippen LogP contribution in [-0.4, -0.2) is 17.0 Å². The number of thiophene rings is 1. The smallest absolute Gasteiger partial charge is 0.346 e. The van der Waals surface area contributed by atoms with E-state index in [2.05, 4.69) is 0 Å². The molecule has 0 radical (unpaired) electrons. The lowest BCUT2D eigenvalue weighted by Gasteiger charge is -2.14. The number of benzene rings is 1. The van der Waals surface area contributed by atoms with Crippen molar-refractivity contribution in [3.8, 4) is 0 Å². The zero-order chi connectivity index (χ0) is 18.1. The molecule has 8 heteroatoms. The molecule has 0 saturated heterocycles. The maximum atomic E-state index is 14.1. The Morgan fingerprint density at radius 1 is 1.20 bits per heavy atom. The van der Waals surface area contributed by atoms with E-state index >= 15 is 0 Å². The number of primary amides is 1. The number of amides is 1. The fourth-order valence-electron chi connectivity index (χ4n) is 2.61. The summed E-state index contributed by atoms with van der Waals surface area (Å²) in [6.45, 7) is -0.215. The second-order valence-corrected chi connectivity index (χ2v) is 6.45. The monoisotopic (exact) mass is 365 g/mol. The van der Waals surface area contributed by atoms with Gasteiger partial charge in [0.05, 0.1) is 10.5 Å². The summed E-state index contributed by atoms with van der Waals surface area (Å²) in [6.07, 6.45) is 3.91. The van der Waals surface area contributed by atoms with Crippen LogP contribution in [-0.2, 0) is 16.1 Å². The Balaban J connectivity index is 1.94. The molecule has 25 heavy (non-hydrogen) atoms. The number of allylic oxidation sites excluding steroid dienone is 3. The van der Waals surface area contributed by atoms with Crippen molar-refractivity contribution in [2.24, 2.45) is 5.73 Å². The number of fused-ring (bicyclic) bond motifs is 1. The van der Waals surface area contributed by atoms with E-state index < -0.39 is 23.5 Å².